The summed E-state index contributed by atoms with van der Waals surface area (Å²) in [5.74, 6) is 0.902. The molecule has 6 nitrogen and oxygen atoms in total. The minimum atomic E-state index is -0.0338. The van der Waals surface area contributed by atoms with Crippen molar-refractivity contribution in [1.29, 1.82) is 0 Å². The number of carbonyl (C=O) groups is 1. The largest absolute Gasteiger partial charge is 0.484 e. The van der Waals surface area contributed by atoms with Crippen LogP contribution in [0.15, 0.2) is 12.1 Å². The Morgan fingerprint density at radius 1 is 1.33 bits per heavy atom. The zero-order chi connectivity index (χ0) is 15.4. The fourth-order valence-corrected chi connectivity index (χ4v) is 2.21. The summed E-state index contributed by atoms with van der Waals surface area (Å²) >= 11 is 12.3. The second-order valence-electron chi connectivity index (χ2n) is 4.42. The van der Waals surface area contributed by atoms with Gasteiger partial charge in [0, 0.05) is 19.0 Å². The number of benzene rings is 1. The van der Waals surface area contributed by atoms with Crippen LogP contribution in [0.25, 0.3) is 0 Å². The van der Waals surface area contributed by atoms with Crippen molar-refractivity contribution in [3.8, 4) is 5.75 Å². The van der Waals surface area contributed by atoms with Crippen molar-refractivity contribution in [3.05, 3.63) is 33.6 Å². The van der Waals surface area contributed by atoms with Gasteiger partial charge in [-0.05, 0) is 29.0 Å². The van der Waals surface area contributed by atoms with E-state index in [2.05, 4.69) is 15.5 Å². The van der Waals surface area contributed by atoms with Gasteiger partial charge in [0.25, 0.3) is 0 Å². The van der Waals surface area contributed by atoms with Gasteiger partial charge in [0.1, 0.15) is 17.4 Å². The predicted molar refractivity (Wildman–Crippen MR) is 78.8 cm³/mol. The third kappa shape index (κ3) is 3.51. The number of ketones is 1. The molecular formula is C13H14Cl2N4O2. The second-order valence-corrected chi connectivity index (χ2v) is 5.18. The highest BCUT2D eigenvalue weighted by atomic mass is 35.5. The molecule has 21 heavy (non-hydrogen) atoms. The van der Waals surface area contributed by atoms with Crippen LogP contribution in [-0.4, -0.2) is 26.0 Å². The summed E-state index contributed by atoms with van der Waals surface area (Å²) in [6.45, 7) is 2.08. The number of Topliss-reactive ketones (excluding diaryl/α,β-unsaturated/α-hetero) is 1. The SMILES string of the molecule is CCCC(=O)c1ccc(OCc2nnnn2C)c(Cl)c1Cl. The van der Waals surface area contributed by atoms with E-state index in [-0.39, 0.29) is 22.4 Å². The Bertz CT molecular complexity index is 658. The van der Waals surface area contributed by atoms with E-state index < -0.39 is 0 Å². The first kappa shape index (κ1) is 15.7. The summed E-state index contributed by atoms with van der Waals surface area (Å²) in [5.41, 5.74) is 0.413. The molecule has 0 aliphatic carbocycles. The van der Waals surface area contributed by atoms with Crippen molar-refractivity contribution in [1.82, 2.24) is 20.2 Å². The summed E-state index contributed by atoms with van der Waals surface area (Å²) in [5, 5.41) is 11.4. The van der Waals surface area contributed by atoms with Crippen LogP contribution in [0.2, 0.25) is 10.0 Å². The van der Waals surface area contributed by atoms with Crippen LogP contribution in [0, 0.1) is 0 Å². The maximum Gasteiger partial charge on any atom is 0.188 e. The Labute approximate surface area is 132 Å². The van der Waals surface area contributed by atoms with Gasteiger partial charge in [-0.25, -0.2) is 4.68 Å². The fourth-order valence-electron chi connectivity index (χ4n) is 1.73. The highest BCUT2D eigenvalue weighted by molar-refractivity contribution is 6.44. The van der Waals surface area contributed by atoms with Crippen molar-refractivity contribution in [2.45, 2.75) is 26.4 Å². The fraction of sp³-hybridized carbons (Fsp3) is 0.385. The normalized spacial score (nSPS) is 10.7. The zero-order valence-electron chi connectivity index (χ0n) is 11.6. The second kappa shape index (κ2) is 6.87. The van der Waals surface area contributed by atoms with E-state index in [1.807, 2.05) is 6.92 Å². The predicted octanol–water partition coefficient (Wildman–Crippen LogP) is 3.08. The standard InChI is InChI=1S/C13H14Cl2N4O2/c1-3-4-9(20)8-5-6-10(13(15)12(8)14)21-7-11-16-17-18-19(11)2/h5-6H,3-4,7H2,1-2H3. The number of aryl methyl sites for hydroxylation is 1. The molecule has 0 atom stereocenters. The molecule has 0 bridgehead atoms. The number of nitrogens with zero attached hydrogens (tertiary/aromatic N) is 4. The summed E-state index contributed by atoms with van der Waals surface area (Å²) in [7, 11) is 1.71. The maximum absolute atomic E-state index is 11.9. The van der Waals surface area contributed by atoms with E-state index in [1.165, 1.54) is 4.68 Å². The number of ether oxygens (including phenoxy) is 1. The lowest BCUT2D eigenvalue weighted by atomic mass is 10.1. The molecule has 112 valence electrons. The molecule has 0 saturated carbocycles. The lowest BCUT2D eigenvalue weighted by Gasteiger charge is -2.10. The van der Waals surface area contributed by atoms with Crippen LogP contribution < -0.4 is 4.74 Å². The van der Waals surface area contributed by atoms with E-state index in [9.17, 15) is 4.79 Å². The Morgan fingerprint density at radius 2 is 2.10 bits per heavy atom. The topological polar surface area (TPSA) is 69.9 Å². The van der Waals surface area contributed by atoms with E-state index in [0.29, 0.717) is 23.6 Å². The molecule has 0 spiro atoms. The average Bonchev–Trinajstić information content (AvgIpc) is 2.86. The number of rotatable bonds is 6. The smallest absolute Gasteiger partial charge is 0.188 e. The highest BCUT2D eigenvalue weighted by Gasteiger charge is 2.16. The zero-order valence-corrected chi connectivity index (χ0v) is 13.1. The molecule has 1 heterocycles. The van der Waals surface area contributed by atoms with Crippen molar-refractivity contribution in [3.63, 3.8) is 0 Å². The van der Waals surface area contributed by atoms with Crippen LogP contribution in [0.4, 0.5) is 0 Å². The lowest BCUT2D eigenvalue weighted by Crippen LogP contribution is -2.05. The molecular weight excluding hydrogens is 315 g/mol. The van der Waals surface area contributed by atoms with Gasteiger partial charge in [0.15, 0.2) is 11.6 Å². The molecule has 1 aromatic carbocycles. The molecule has 8 heteroatoms. The summed E-state index contributed by atoms with van der Waals surface area (Å²) in [4.78, 5) is 11.9. The molecule has 0 saturated heterocycles. The van der Waals surface area contributed by atoms with Crippen LogP contribution in [0.1, 0.15) is 35.9 Å². The number of halogens is 2. The van der Waals surface area contributed by atoms with Gasteiger partial charge < -0.3 is 4.74 Å². The molecule has 0 aliphatic rings. The maximum atomic E-state index is 11.9. The lowest BCUT2D eigenvalue weighted by molar-refractivity contribution is 0.0982. The molecule has 0 amide bonds. The van der Waals surface area contributed by atoms with Crippen molar-refractivity contribution in [2.24, 2.45) is 7.05 Å². The average molecular weight is 329 g/mol. The Balaban J connectivity index is 2.17. The first-order valence-corrected chi connectivity index (χ1v) is 7.15. The third-order valence-corrected chi connectivity index (χ3v) is 3.75. The van der Waals surface area contributed by atoms with Crippen LogP contribution in [0.5, 0.6) is 5.75 Å². The van der Waals surface area contributed by atoms with Gasteiger partial charge in [-0.15, -0.1) is 5.10 Å². The number of tetrazole rings is 1. The van der Waals surface area contributed by atoms with Gasteiger partial charge in [-0.2, -0.15) is 0 Å². The van der Waals surface area contributed by atoms with E-state index in [1.54, 1.807) is 19.2 Å². The van der Waals surface area contributed by atoms with E-state index >= 15 is 0 Å². The monoisotopic (exact) mass is 328 g/mol. The molecule has 1 aromatic heterocycles. The van der Waals surface area contributed by atoms with E-state index in [0.717, 1.165) is 6.42 Å². The quantitative estimate of drug-likeness (QED) is 0.762. The first-order chi connectivity index (χ1) is 10.0. The molecule has 2 aromatic rings. The molecule has 0 radical (unpaired) electrons. The molecule has 2 rings (SSSR count). The van der Waals surface area contributed by atoms with Crippen molar-refractivity contribution in [2.75, 3.05) is 0 Å². The van der Waals surface area contributed by atoms with Gasteiger partial charge in [-0.1, -0.05) is 30.1 Å². The molecule has 0 N–H and O–H groups in total. The van der Waals surface area contributed by atoms with Gasteiger partial charge in [0.05, 0.1) is 5.02 Å². The Hall–Kier alpha value is -1.66. The van der Waals surface area contributed by atoms with Crippen LogP contribution in [0.3, 0.4) is 0 Å². The molecule has 0 unspecified atom stereocenters. The minimum Gasteiger partial charge on any atom is -0.484 e. The number of aromatic nitrogens is 4. The number of hydrogen-bond acceptors (Lipinski definition) is 5. The number of hydrogen-bond donors (Lipinski definition) is 0. The van der Waals surface area contributed by atoms with Crippen molar-refractivity contribution < 1.29 is 9.53 Å². The first-order valence-electron chi connectivity index (χ1n) is 6.39. The summed E-state index contributed by atoms with van der Waals surface area (Å²) in [6.07, 6.45) is 1.19. The van der Waals surface area contributed by atoms with Gasteiger partial charge >= 0.3 is 0 Å². The Morgan fingerprint density at radius 3 is 2.71 bits per heavy atom. The highest BCUT2D eigenvalue weighted by Crippen LogP contribution is 2.35. The van der Waals surface area contributed by atoms with Gasteiger partial charge in [0.2, 0.25) is 0 Å². The number of carbonyl (C=O) groups excluding carboxylic acids is 1. The van der Waals surface area contributed by atoms with Crippen molar-refractivity contribution >= 4 is 29.0 Å². The van der Waals surface area contributed by atoms with Crippen LogP contribution in [-0.2, 0) is 13.7 Å². The third-order valence-electron chi connectivity index (χ3n) is 2.89. The minimum absolute atomic E-state index is 0.0338. The summed E-state index contributed by atoms with van der Waals surface area (Å²) in [6, 6.07) is 3.25. The van der Waals surface area contributed by atoms with Gasteiger partial charge in [-0.3, -0.25) is 4.79 Å². The molecule has 0 fully saturated rings. The summed E-state index contributed by atoms with van der Waals surface area (Å²) < 4.78 is 7.04. The van der Waals surface area contributed by atoms with E-state index in [4.69, 9.17) is 27.9 Å². The molecule has 0 aliphatic heterocycles. The Kier molecular flexibility index (Phi) is 5.14. The van der Waals surface area contributed by atoms with Crippen LogP contribution >= 0.6 is 23.2 Å².